The summed E-state index contributed by atoms with van der Waals surface area (Å²) in [4.78, 5) is 24.6. The number of Topliss-reactive ketones (excluding diaryl/α,β-unsaturated/α-hetero) is 2. The number of fused-ring (bicyclic) bond motifs is 5. The molecule has 0 radical (unpaired) electrons. The number of alkyl halides is 2. The Labute approximate surface area is 156 Å². The van der Waals surface area contributed by atoms with E-state index in [4.69, 9.17) is 5.73 Å². The number of carbonyl (C=O) groups excluding carboxylic acids is 2. The third-order valence-electron chi connectivity index (χ3n) is 8.00. The molecule has 4 aliphatic carbocycles. The maximum atomic E-state index is 12.5. The molecule has 0 bridgehead atoms. The molecule has 6 atom stereocenters. The average molecular weight is 444 g/mol. The molecule has 0 saturated heterocycles. The molecule has 136 valence electrons. The van der Waals surface area contributed by atoms with Crippen LogP contribution in [0.25, 0.3) is 0 Å². The van der Waals surface area contributed by atoms with Crippen LogP contribution in [0.2, 0.25) is 0 Å². The number of nitrogens with two attached hydrogens (primary N) is 1. The molecule has 0 spiro atoms. The van der Waals surface area contributed by atoms with E-state index < -0.39 is 0 Å². The standard InChI is InChI=1S/C20H31INO2/c1-19-8-7-17-15(16(19)4-5-18(19)24)3-2-13-12-14(23)6-9-20(13,17)21-10-11-22/h13,15-17H,2-12,22H2,1H3/q-1. The van der Waals surface area contributed by atoms with E-state index in [1.807, 2.05) is 0 Å². The number of halogens is 1. The van der Waals surface area contributed by atoms with Gasteiger partial charge in [-0.3, -0.25) is 0 Å². The van der Waals surface area contributed by atoms with Gasteiger partial charge in [0.25, 0.3) is 0 Å². The van der Waals surface area contributed by atoms with Crippen LogP contribution < -0.4 is 26.9 Å². The Morgan fingerprint density at radius 2 is 1.92 bits per heavy atom. The molecule has 4 heteroatoms. The Hall–Kier alpha value is 0.0300. The molecule has 0 amide bonds. The first-order valence-electron chi connectivity index (χ1n) is 9.86. The monoisotopic (exact) mass is 444 g/mol. The molecular formula is C20H31INO2-. The normalized spacial score (nSPS) is 48.1. The third kappa shape index (κ3) is 2.45. The van der Waals surface area contributed by atoms with E-state index in [1.54, 1.807) is 0 Å². The van der Waals surface area contributed by atoms with Crippen molar-refractivity contribution in [2.45, 2.75) is 68.1 Å². The Morgan fingerprint density at radius 1 is 1.08 bits per heavy atom. The van der Waals surface area contributed by atoms with Gasteiger partial charge in [0.2, 0.25) is 0 Å². The van der Waals surface area contributed by atoms with Crippen molar-refractivity contribution in [3.63, 3.8) is 0 Å². The van der Waals surface area contributed by atoms with Crippen molar-refractivity contribution in [1.29, 1.82) is 0 Å². The zero-order valence-corrected chi connectivity index (χ0v) is 17.0. The number of ketones is 2. The molecule has 4 saturated carbocycles. The fourth-order valence-corrected chi connectivity index (χ4v) is 11.3. The summed E-state index contributed by atoms with van der Waals surface area (Å²) < 4.78 is 1.66. The van der Waals surface area contributed by atoms with E-state index in [9.17, 15) is 9.59 Å². The molecule has 2 N–H and O–H groups in total. The Morgan fingerprint density at radius 3 is 2.71 bits per heavy atom. The number of rotatable bonds is 3. The van der Waals surface area contributed by atoms with Gasteiger partial charge in [-0.05, 0) is 0 Å². The summed E-state index contributed by atoms with van der Waals surface area (Å²) >= 11 is 0.0469. The van der Waals surface area contributed by atoms with E-state index in [1.165, 1.54) is 23.7 Å². The molecule has 4 fully saturated rings. The van der Waals surface area contributed by atoms with Crippen molar-refractivity contribution in [2.75, 3.05) is 11.0 Å². The zero-order valence-electron chi connectivity index (χ0n) is 14.9. The van der Waals surface area contributed by atoms with Crippen LogP contribution in [0, 0.1) is 29.1 Å². The summed E-state index contributed by atoms with van der Waals surface area (Å²) in [7, 11) is 0. The van der Waals surface area contributed by atoms with Gasteiger partial charge in [0.05, 0.1) is 0 Å². The van der Waals surface area contributed by atoms with Crippen molar-refractivity contribution < 1.29 is 30.8 Å². The Balaban J connectivity index is 1.66. The summed E-state index contributed by atoms with van der Waals surface area (Å²) in [6.45, 7) is 3.08. The van der Waals surface area contributed by atoms with Crippen LogP contribution in [0.4, 0.5) is 0 Å². The van der Waals surface area contributed by atoms with Crippen molar-refractivity contribution in [1.82, 2.24) is 0 Å². The molecule has 0 aromatic heterocycles. The summed E-state index contributed by atoms with van der Waals surface area (Å²) in [5.41, 5.74) is 5.88. The van der Waals surface area contributed by atoms with Gasteiger partial charge in [-0.15, -0.1) is 0 Å². The third-order valence-corrected chi connectivity index (χ3v) is 12.8. The topological polar surface area (TPSA) is 60.2 Å². The van der Waals surface area contributed by atoms with Crippen LogP contribution in [0.1, 0.15) is 64.7 Å². The molecule has 4 aliphatic rings. The van der Waals surface area contributed by atoms with Crippen LogP contribution in [0.3, 0.4) is 0 Å². The molecular weight excluding hydrogens is 413 g/mol. The number of hydrogen-bond acceptors (Lipinski definition) is 3. The van der Waals surface area contributed by atoms with Gasteiger partial charge in [0.15, 0.2) is 0 Å². The first-order chi connectivity index (χ1) is 11.5. The average Bonchev–Trinajstić information content (AvgIpc) is 2.88. The SMILES string of the molecule is CC12CCC3C(CCC4CC(=O)CCC43[I-]CCN)C1CCC2=O. The van der Waals surface area contributed by atoms with Crippen molar-refractivity contribution in [2.24, 2.45) is 34.8 Å². The minimum atomic E-state index is -0.0220. The fraction of sp³-hybridized carbons (Fsp3) is 0.900. The summed E-state index contributed by atoms with van der Waals surface area (Å²) in [6.07, 6.45) is 9.58. The molecule has 24 heavy (non-hydrogen) atoms. The van der Waals surface area contributed by atoms with Gasteiger partial charge in [-0.2, -0.15) is 0 Å². The van der Waals surface area contributed by atoms with Crippen molar-refractivity contribution in [3.05, 3.63) is 0 Å². The predicted octanol–water partition coefficient (Wildman–Crippen LogP) is -0.0525. The quantitative estimate of drug-likeness (QED) is 0.491. The maximum absolute atomic E-state index is 12.5. The van der Waals surface area contributed by atoms with Crippen LogP contribution in [0.5, 0.6) is 0 Å². The van der Waals surface area contributed by atoms with E-state index in [0.29, 0.717) is 26.8 Å². The molecule has 3 nitrogen and oxygen atoms in total. The second-order valence-corrected chi connectivity index (χ2v) is 12.7. The molecule has 0 heterocycles. The van der Waals surface area contributed by atoms with E-state index >= 15 is 0 Å². The molecule has 0 aromatic carbocycles. The van der Waals surface area contributed by atoms with E-state index in [-0.39, 0.29) is 26.6 Å². The summed E-state index contributed by atoms with van der Waals surface area (Å²) in [6, 6.07) is 0. The molecule has 0 aromatic rings. The van der Waals surface area contributed by atoms with Gasteiger partial charge < -0.3 is 0 Å². The Kier molecular flexibility index (Phi) is 4.60. The number of hydrogen-bond donors (Lipinski definition) is 1. The summed E-state index contributed by atoms with van der Waals surface area (Å²) in [5.74, 6) is 3.84. The molecule has 0 aliphatic heterocycles. The first kappa shape index (κ1) is 17.4. The minimum absolute atomic E-state index is 0.0220. The van der Waals surface area contributed by atoms with Gasteiger partial charge in [-0.1, -0.05) is 0 Å². The van der Waals surface area contributed by atoms with Crippen molar-refractivity contribution in [3.8, 4) is 0 Å². The fourth-order valence-electron chi connectivity index (χ4n) is 6.87. The van der Waals surface area contributed by atoms with Crippen LogP contribution in [0.15, 0.2) is 0 Å². The van der Waals surface area contributed by atoms with Crippen LogP contribution in [-0.2, 0) is 9.59 Å². The first-order valence-corrected chi connectivity index (χ1v) is 12.5. The van der Waals surface area contributed by atoms with E-state index in [0.717, 1.165) is 56.9 Å². The van der Waals surface area contributed by atoms with Gasteiger partial charge in [-0.25, -0.2) is 0 Å². The van der Waals surface area contributed by atoms with Gasteiger partial charge in [0.1, 0.15) is 0 Å². The van der Waals surface area contributed by atoms with Crippen LogP contribution in [-0.4, -0.2) is 26.0 Å². The second kappa shape index (κ2) is 6.33. The predicted molar refractivity (Wildman–Crippen MR) is 90.3 cm³/mol. The van der Waals surface area contributed by atoms with Crippen molar-refractivity contribution >= 4 is 11.6 Å². The second-order valence-electron chi connectivity index (χ2n) is 8.85. The van der Waals surface area contributed by atoms with Gasteiger partial charge in [0, 0.05) is 0 Å². The molecule has 4 rings (SSSR count). The summed E-state index contributed by atoms with van der Waals surface area (Å²) in [5, 5.41) is 0. The zero-order chi connectivity index (χ0) is 16.9. The molecule has 6 unspecified atom stereocenters. The van der Waals surface area contributed by atoms with Crippen LogP contribution >= 0.6 is 0 Å². The number of carbonyl (C=O) groups is 2. The Bertz CT molecular complexity index is 550. The van der Waals surface area contributed by atoms with Gasteiger partial charge >= 0.3 is 156 Å². The van der Waals surface area contributed by atoms with E-state index in [2.05, 4.69) is 6.92 Å².